The van der Waals surface area contributed by atoms with Crippen LogP contribution in [0.5, 0.6) is 5.75 Å². The minimum absolute atomic E-state index is 0.229. The van der Waals surface area contributed by atoms with Crippen LogP contribution in [-0.2, 0) is 4.79 Å². The van der Waals surface area contributed by atoms with Crippen molar-refractivity contribution in [1.82, 2.24) is 4.90 Å². The third-order valence-electron chi connectivity index (χ3n) is 3.48. The number of ether oxygens (including phenoxy) is 1. The normalized spacial score (nSPS) is 19.5. The van der Waals surface area contributed by atoms with E-state index in [0.717, 1.165) is 29.9 Å². The molecule has 1 unspecified atom stereocenters. The molecule has 0 saturated heterocycles. The molecule has 2 rings (SSSR count). The summed E-state index contributed by atoms with van der Waals surface area (Å²) in [6.07, 6.45) is 3.40. The fourth-order valence-corrected chi connectivity index (χ4v) is 2.59. The van der Waals surface area contributed by atoms with Gasteiger partial charge >= 0.3 is 0 Å². The summed E-state index contributed by atoms with van der Waals surface area (Å²) in [5, 5.41) is 0. The minimum Gasteiger partial charge on any atom is -0.497 e. The van der Waals surface area contributed by atoms with Gasteiger partial charge in [-0.3, -0.25) is 4.79 Å². The highest BCUT2D eigenvalue weighted by Crippen LogP contribution is 2.33. The number of carbonyl (C=O) groups is 1. The molecule has 3 nitrogen and oxygen atoms in total. The van der Waals surface area contributed by atoms with Gasteiger partial charge in [0.05, 0.1) is 7.11 Å². The Hall–Kier alpha value is -1.61. The molecular weight excluding hydrogens is 238 g/mol. The first-order valence-corrected chi connectivity index (χ1v) is 6.63. The summed E-state index contributed by atoms with van der Waals surface area (Å²) in [7, 11) is 5.80. The summed E-state index contributed by atoms with van der Waals surface area (Å²) in [4.78, 5) is 13.9. The molecular formula is C16H21NO2. The molecule has 1 aromatic rings. The Morgan fingerprint density at radius 3 is 2.84 bits per heavy atom. The summed E-state index contributed by atoms with van der Waals surface area (Å²) in [6.45, 7) is 0.969. The largest absolute Gasteiger partial charge is 0.497 e. The summed E-state index contributed by atoms with van der Waals surface area (Å²) in [5.41, 5.74) is 2.24. The van der Waals surface area contributed by atoms with Crippen LogP contribution in [0.3, 0.4) is 0 Å². The lowest BCUT2D eigenvalue weighted by Gasteiger charge is -2.27. The lowest BCUT2D eigenvalue weighted by atomic mass is 9.83. The van der Waals surface area contributed by atoms with Gasteiger partial charge in [0.15, 0.2) is 5.78 Å². The molecule has 0 saturated carbocycles. The van der Waals surface area contributed by atoms with E-state index in [4.69, 9.17) is 4.74 Å². The molecule has 0 aromatic heterocycles. The zero-order valence-electron chi connectivity index (χ0n) is 11.8. The quantitative estimate of drug-likeness (QED) is 0.832. The van der Waals surface area contributed by atoms with Gasteiger partial charge in [-0.1, -0.05) is 12.1 Å². The van der Waals surface area contributed by atoms with Crippen LogP contribution in [0.15, 0.2) is 30.3 Å². The molecule has 1 aromatic carbocycles. The third-order valence-corrected chi connectivity index (χ3v) is 3.48. The molecule has 0 fully saturated rings. The molecule has 1 aliphatic rings. The molecule has 0 spiro atoms. The number of hydrogen-bond donors (Lipinski definition) is 0. The van der Waals surface area contributed by atoms with Crippen molar-refractivity contribution in [2.45, 2.75) is 12.8 Å². The number of benzene rings is 1. The SMILES string of the molecule is COc1cccc(C2=CC(=O)CCC2CN(C)C)c1. The van der Waals surface area contributed by atoms with E-state index in [2.05, 4.69) is 25.1 Å². The highest BCUT2D eigenvalue weighted by atomic mass is 16.5. The number of nitrogens with zero attached hydrogens (tertiary/aromatic N) is 1. The van der Waals surface area contributed by atoms with Gasteiger partial charge in [0.2, 0.25) is 0 Å². The van der Waals surface area contributed by atoms with E-state index in [9.17, 15) is 4.79 Å². The van der Waals surface area contributed by atoms with E-state index in [0.29, 0.717) is 12.3 Å². The van der Waals surface area contributed by atoms with Crippen LogP contribution in [0.4, 0.5) is 0 Å². The monoisotopic (exact) mass is 259 g/mol. The average Bonchev–Trinajstić information content (AvgIpc) is 2.40. The molecule has 0 heterocycles. The molecule has 0 N–H and O–H groups in total. The number of allylic oxidation sites excluding steroid dienone is 1. The predicted molar refractivity (Wildman–Crippen MR) is 77.3 cm³/mol. The zero-order chi connectivity index (χ0) is 13.8. The molecule has 102 valence electrons. The Bertz CT molecular complexity index is 491. The van der Waals surface area contributed by atoms with E-state index >= 15 is 0 Å². The van der Waals surface area contributed by atoms with Crippen molar-refractivity contribution in [3.63, 3.8) is 0 Å². The maximum absolute atomic E-state index is 11.7. The summed E-state index contributed by atoms with van der Waals surface area (Å²) < 4.78 is 5.27. The molecule has 1 atom stereocenters. The van der Waals surface area contributed by atoms with Crippen LogP contribution in [0, 0.1) is 5.92 Å². The highest BCUT2D eigenvalue weighted by molar-refractivity contribution is 5.99. The maximum atomic E-state index is 11.7. The minimum atomic E-state index is 0.229. The topological polar surface area (TPSA) is 29.5 Å². The highest BCUT2D eigenvalue weighted by Gasteiger charge is 2.23. The average molecular weight is 259 g/mol. The van der Waals surface area contributed by atoms with Gasteiger partial charge in [-0.2, -0.15) is 0 Å². The fourth-order valence-electron chi connectivity index (χ4n) is 2.59. The first kappa shape index (κ1) is 13.8. The van der Waals surface area contributed by atoms with E-state index in [-0.39, 0.29) is 5.78 Å². The number of hydrogen-bond acceptors (Lipinski definition) is 3. The Labute approximate surface area is 114 Å². The molecule has 0 amide bonds. The Morgan fingerprint density at radius 1 is 1.37 bits per heavy atom. The van der Waals surface area contributed by atoms with Crippen LogP contribution < -0.4 is 4.74 Å². The molecule has 3 heteroatoms. The van der Waals surface area contributed by atoms with Crippen molar-refractivity contribution in [3.8, 4) is 5.75 Å². The number of ketones is 1. The van der Waals surface area contributed by atoms with Gasteiger partial charge in [-0.15, -0.1) is 0 Å². The summed E-state index contributed by atoms with van der Waals surface area (Å²) >= 11 is 0. The first-order valence-electron chi connectivity index (χ1n) is 6.63. The maximum Gasteiger partial charge on any atom is 0.156 e. The van der Waals surface area contributed by atoms with Gasteiger partial charge < -0.3 is 9.64 Å². The zero-order valence-corrected chi connectivity index (χ0v) is 11.8. The number of carbonyl (C=O) groups excluding carboxylic acids is 1. The van der Waals surface area contributed by atoms with E-state index in [1.54, 1.807) is 7.11 Å². The van der Waals surface area contributed by atoms with Crippen molar-refractivity contribution < 1.29 is 9.53 Å². The van der Waals surface area contributed by atoms with Gasteiger partial charge in [0, 0.05) is 13.0 Å². The van der Waals surface area contributed by atoms with Gasteiger partial charge in [-0.25, -0.2) is 0 Å². The van der Waals surface area contributed by atoms with Crippen LogP contribution in [0.25, 0.3) is 5.57 Å². The number of rotatable bonds is 4. The first-order chi connectivity index (χ1) is 9.10. The van der Waals surface area contributed by atoms with Crippen molar-refractivity contribution in [2.24, 2.45) is 5.92 Å². The van der Waals surface area contributed by atoms with E-state index in [1.165, 1.54) is 0 Å². The third kappa shape index (κ3) is 3.44. The smallest absolute Gasteiger partial charge is 0.156 e. The van der Waals surface area contributed by atoms with Crippen molar-refractivity contribution >= 4 is 11.4 Å². The standard InChI is InChI=1S/C16H21NO2/c1-17(2)11-13-7-8-14(18)10-16(13)12-5-4-6-15(9-12)19-3/h4-6,9-10,13H,7-8,11H2,1-3H3. The second-order valence-corrected chi connectivity index (χ2v) is 5.30. The van der Waals surface area contributed by atoms with Crippen molar-refractivity contribution in [3.05, 3.63) is 35.9 Å². The second-order valence-electron chi connectivity index (χ2n) is 5.30. The van der Waals surface area contributed by atoms with Gasteiger partial charge in [-0.05, 0) is 55.8 Å². The van der Waals surface area contributed by atoms with Crippen molar-refractivity contribution in [2.75, 3.05) is 27.7 Å². The number of methoxy groups -OCH3 is 1. The fraction of sp³-hybridized carbons (Fsp3) is 0.438. The van der Waals surface area contributed by atoms with Gasteiger partial charge in [0.25, 0.3) is 0 Å². The van der Waals surface area contributed by atoms with Crippen molar-refractivity contribution in [1.29, 1.82) is 0 Å². The van der Waals surface area contributed by atoms with Crippen LogP contribution in [0.1, 0.15) is 18.4 Å². The summed E-state index contributed by atoms with van der Waals surface area (Å²) in [6, 6.07) is 7.96. The van der Waals surface area contributed by atoms with E-state index in [1.807, 2.05) is 24.3 Å². The summed E-state index contributed by atoms with van der Waals surface area (Å²) in [5.74, 6) is 1.48. The molecule has 0 radical (unpaired) electrons. The molecule has 1 aliphatic carbocycles. The molecule has 0 aliphatic heterocycles. The van der Waals surface area contributed by atoms with Gasteiger partial charge in [0.1, 0.15) is 5.75 Å². The van der Waals surface area contributed by atoms with Crippen LogP contribution in [0.2, 0.25) is 0 Å². The van der Waals surface area contributed by atoms with E-state index < -0.39 is 0 Å². The lowest BCUT2D eigenvalue weighted by molar-refractivity contribution is -0.115. The molecule has 19 heavy (non-hydrogen) atoms. The lowest BCUT2D eigenvalue weighted by Crippen LogP contribution is -2.25. The van der Waals surface area contributed by atoms with Crippen LogP contribution >= 0.6 is 0 Å². The predicted octanol–water partition coefficient (Wildman–Crippen LogP) is 2.62. The molecule has 0 bridgehead atoms. The van der Waals surface area contributed by atoms with Crippen LogP contribution in [-0.4, -0.2) is 38.4 Å². The second kappa shape index (κ2) is 6.02. The Kier molecular flexibility index (Phi) is 4.38. The Morgan fingerprint density at radius 2 is 2.16 bits per heavy atom. The Balaban J connectivity index is 2.33.